The molecule has 1 heterocycles. The van der Waals surface area contributed by atoms with Crippen LogP contribution in [0, 0.1) is 13.8 Å². The van der Waals surface area contributed by atoms with Crippen LogP contribution in [0.4, 0.5) is 5.69 Å². The van der Waals surface area contributed by atoms with Crippen molar-refractivity contribution in [1.29, 1.82) is 0 Å². The predicted octanol–water partition coefficient (Wildman–Crippen LogP) is 4.48. The molecule has 1 N–H and O–H groups in total. The summed E-state index contributed by atoms with van der Waals surface area (Å²) in [5.41, 5.74) is 4.05. The molecular formula is C21H22N4OS. The van der Waals surface area contributed by atoms with Gasteiger partial charge in [-0.2, -0.15) is 0 Å². The van der Waals surface area contributed by atoms with E-state index in [4.69, 9.17) is 0 Å². The first-order valence-electron chi connectivity index (χ1n) is 8.68. The number of benzene rings is 2. The summed E-state index contributed by atoms with van der Waals surface area (Å²) in [6, 6.07) is 15.9. The zero-order valence-electron chi connectivity index (χ0n) is 15.5. The average molecular weight is 379 g/mol. The summed E-state index contributed by atoms with van der Waals surface area (Å²) < 4.78 is 1.98. The first-order chi connectivity index (χ1) is 13.1. The van der Waals surface area contributed by atoms with Gasteiger partial charge in [-0.25, -0.2) is 0 Å². The number of aryl methyl sites for hydroxylation is 2. The smallest absolute Gasteiger partial charge is 0.234 e. The van der Waals surface area contributed by atoms with E-state index in [1.807, 2.05) is 66.9 Å². The molecule has 0 radical (unpaired) electrons. The first kappa shape index (κ1) is 18.9. The Bertz CT molecular complexity index is 947. The molecule has 1 amide bonds. The van der Waals surface area contributed by atoms with Gasteiger partial charge in [0.2, 0.25) is 5.91 Å². The molecule has 0 saturated heterocycles. The van der Waals surface area contributed by atoms with Crippen LogP contribution in [0.1, 0.15) is 11.1 Å². The fourth-order valence-corrected chi connectivity index (χ4v) is 3.38. The molecular weight excluding hydrogens is 356 g/mol. The third kappa shape index (κ3) is 4.65. The van der Waals surface area contributed by atoms with E-state index in [0.29, 0.717) is 11.7 Å². The van der Waals surface area contributed by atoms with Crippen molar-refractivity contribution < 1.29 is 4.79 Å². The molecule has 0 spiro atoms. The van der Waals surface area contributed by atoms with Crippen molar-refractivity contribution in [2.24, 2.45) is 0 Å². The lowest BCUT2D eigenvalue weighted by Gasteiger charge is -2.09. The van der Waals surface area contributed by atoms with E-state index in [9.17, 15) is 4.79 Å². The number of allylic oxidation sites excluding steroid dienone is 1. The highest BCUT2D eigenvalue weighted by molar-refractivity contribution is 7.99. The molecule has 0 atom stereocenters. The fraction of sp³-hybridized carbons (Fsp3) is 0.190. The lowest BCUT2D eigenvalue weighted by Crippen LogP contribution is -2.15. The van der Waals surface area contributed by atoms with Gasteiger partial charge in [0.25, 0.3) is 0 Å². The summed E-state index contributed by atoms with van der Waals surface area (Å²) >= 11 is 1.37. The van der Waals surface area contributed by atoms with Gasteiger partial charge in [0, 0.05) is 17.8 Å². The Morgan fingerprint density at radius 3 is 2.59 bits per heavy atom. The quantitative estimate of drug-likeness (QED) is 0.486. The number of carbonyl (C=O) groups is 1. The van der Waals surface area contributed by atoms with Crippen LogP contribution < -0.4 is 5.32 Å². The molecule has 0 fully saturated rings. The molecule has 5 nitrogen and oxygen atoms in total. The Morgan fingerprint density at radius 1 is 1.15 bits per heavy atom. The lowest BCUT2D eigenvalue weighted by atomic mass is 10.1. The number of hydrogen-bond acceptors (Lipinski definition) is 4. The Hall–Kier alpha value is -2.86. The minimum absolute atomic E-state index is 0.0701. The summed E-state index contributed by atoms with van der Waals surface area (Å²) in [7, 11) is 0. The van der Waals surface area contributed by atoms with E-state index in [1.54, 1.807) is 6.08 Å². The molecule has 27 heavy (non-hydrogen) atoms. The van der Waals surface area contributed by atoms with Crippen LogP contribution >= 0.6 is 11.8 Å². The minimum Gasteiger partial charge on any atom is -0.325 e. The van der Waals surface area contributed by atoms with Crippen LogP contribution in [0.5, 0.6) is 0 Å². The number of hydrogen-bond donors (Lipinski definition) is 1. The van der Waals surface area contributed by atoms with Gasteiger partial charge in [0.05, 0.1) is 5.75 Å². The van der Waals surface area contributed by atoms with Crippen LogP contribution in [0.3, 0.4) is 0 Å². The van der Waals surface area contributed by atoms with Gasteiger partial charge >= 0.3 is 0 Å². The maximum absolute atomic E-state index is 12.3. The van der Waals surface area contributed by atoms with Gasteiger partial charge in [-0.05, 0) is 25.5 Å². The van der Waals surface area contributed by atoms with E-state index >= 15 is 0 Å². The number of rotatable bonds is 7. The molecule has 1 aromatic heterocycles. The van der Waals surface area contributed by atoms with E-state index in [-0.39, 0.29) is 11.7 Å². The van der Waals surface area contributed by atoms with E-state index < -0.39 is 0 Å². The fourth-order valence-electron chi connectivity index (χ4n) is 2.63. The molecule has 0 unspecified atom stereocenters. The number of thioether (sulfide) groups is 1. The Labute approximate surface area is 163 Å². The lowest BCUT2D eigenvalue weighted by molar-refractivity contribution is -0.113. The molecule has 0 aliphatic heterocycles. The van der Waals surface area contributed by atoms with Crippen molar-refractivity contribution in [1.82, 2.24) is 14.8 Å². The number of para-hydroxylation sites is 1. The molecule has 2 aromatic carbocycles. The highest BCUT2D eigenvalue weighted by Crippen LogP contribution is 2.24. The van der Waals surface area contributed by atoms with E-state index in [1.165, 1.54) is 17.3 Å². The van der Waals surface area contributed by atoms with E-state index in [2.05, 4.69) is 22.1 Å². The van der Waals surface area contributed by atoms with Gasteiger partial charge in [-0.1, -0.05) is 65.9 Å². The highest BCUT2D eigenvalue weighted by Gasteiger charge is 2.15. The summed E-state index contributed by atoms with van der Waals surface area (Å²) in [5, 5.41) is 12.2. The highest BCUT2D eigenvalue weighted by atomic mass is 32.2. The Balaban J connectivity index is 1.73. The third-order valence-electron chi connectivity index (χ3n) is 4.09. The van der Waals surface area contributed by atoms with Crippen molar-refractivity contribution in [3.05, 3.63) is 72.3 Å². The molecule has 0 aliphatic rings. The number of carbonyl (C=O) groups excluding carboxylic acids is 1. The zero-order valence-corrected chi connectivity index (χ0v) is 16.3. The second kappa shape index (κ2) is 8.68. The van der Waals surface area contributed by atoms with E-state index in [0.717, 1.165) is 22.6 Å². The monoisotopic (exact) mass is 378 g/mol. The predicted molar refractivity (Wildman–Crippen MR) is 111 cm³/mol. The Morgan fingerprint density at radius 2 is 1.89 bits per heavy atom. The average Bonchev–Trinajstić information content (AvgIpc) is 3.06. The molecule has 0 saturated carbocycles. The van der Waals surface area contributed by atoms with Gasteiger partial charge in [-0.15, -0.1) is 16.8 Å². The summed E-state index contributed by atoms with van der Waals surface area (Å²) in [6.45, 7) is 8.42. The number of nitrogens with zero attached hydrogens (tertiary/aromatic N) is 3. The van der Waals surface area contributed by atoms with Crippen molar-refractivity contribution in [2.75, 3.05) is 11.1 Å². The number of aromatic nitrogens is 3. The van der Waals surface area contributed by atoms with Crippen LogP contribution in [-0.2, 0) is 11.3 Å². The summed E-state index contributed by atoms with van der Waals surface area (Å²) in [6.07, 6.45) is 1.80. The molecule has 3 rings (SSSR count). The second-order valence-electron chi connectivity index (χ2n) is 6.22. The van der Waals surface area contributed by atoms with Crippen LogP contribution in [-0.4, -0.2) is 26.4 Å². The topological polar surface area (TPSA) is 59.8 Å². The van der Waals surface area contributed by atoms with Crippen molar-refractivity contribution in [2.45, 2.75) is 25.5 Å². The van der Waals surface area contributed by atoms with Gasteiger partial charge in [0.15, 0.2) is 11.0 Å². The SMILES string of the molecule is C=CCn1c(SCC(=O)Nc2ccccc2C)nnc1-c1ccc(C)cc1. The number of amides is 1. The zero-order chi connectivity index (χ0) is 19.2. The maximum atomic E-state index is 12.3. The standard InChI is InChI=1S/C21H22N4OS/c1-4-13-25-20(17-11-9-15(2)10-12-17)23-24-21(25)27-14-19(26)22-18-8-6-5-7-16(18)3/h4-12H,1,13-14H2,2-3H3,(H,22,26). The molecule has 0 bridgehead atoms. The van der Waals surface area contributed by atoms with Crippen LogP contribution in [0.2, 0.25) is 0 Å². The summed E-state index contributed by atoms with van der Waals surface area (Å²) in [5.74, 6) is 0.966. The maximum Gasteiger partial charge on any atom is 0.234 e. The molecule has 0 aliphatic carbocycles. The normalized spacial score (nSPS) is 10.6. The van der Waals surface area contributed by atoms with Gasteiger partial charge in [-0.3, -0.25) is 9.36 Å². The third-order valence-corrected chi connectivity index (χ3v) is 5.06. The number of anilines is 1. The Kier molecular flexibility index (Phi) is 6.08. The van der Waals surface area contributed by atoms with Crippen molar-refractivity contribution >= 4 is 23.4 Å². The molecule has 6 heteroatoms. The van der Waals surface area contributed by atoms with Gasteiger partial charge < -0.3 is 5.32 Å². The minimum atomic E-state index is -0.0701. The molecule has 3 aromatic rings. The van der Waals surface area contributed by atoms with Gasteiger partial charge in [0.1, 0.15) is 0 Å². The van der Waals surface area contributed by atoms with Crippen LogP contribution in [0.25, 0.3) is 11.4 Å². The number of nitrogens with one attached hydrogen (secondary N) is 1. The summed E-state index contributed by atoms with van der Waals surface area (Å²) in [4.78, 5) is 12.3. The first-order valence-corrected chi connectivity index (χ1v) is 9.66. The largest absolute Gasteiger partial charge is 0.325 e. The van der Waals surface area contributed by atoms with Crippen molar-refractivity contribution in [3.63, 3.8) is 0 Å². The van der Waals surface area contributed by atoms with Crippen molar-refractivity contribution in [3.8, 4) is 11.4 Å². The second-order valence-corrected chi connectivity index (χ2v) is 7.17. The van der Waals surface area contributed by atoms with Crippen LogP contribution in [0.15, 0.2) is 66.3 Å². The molecule has 138 valence electrons.